The van der Waals surface area contributed by atoms with E-state index in [1.165, 1.54) is 44.1 Å². The molecular formula is C21H32O2. The molecule has 0 aromatic heterocycles. The molecule has 3 aliphatic carbocycles. The van der Waals surface area contributed by atoms with E-state index < -0.39 is 5.97 Å². The van der Waals surface area contributed by atoms with Gasteiger partial charge in [-0.2, -0.15) is 0 Å². The fourth-order valence-electron chi connectivity index (χ4n) is 6.43. The molecular weight excluding hydrogens is 284 g/mol. The number of fused-ring (bicyclic) bond motifs is 3. The molecule has 128 valence electrons. The molecule has 0 saturated heterocycles. The van der Waals surface area contributed by atoms with Gasteiger partial charge in [0.25, 0.3) is 0 Å². The zero-order valence-corrected chi connectivity index (χ0v) is 15.2. The van der Waals surface area contributed by atoms with Crippen LogP contribution in [0, 0.1) is 22.7 Å². The molecule has 23 heavy (non-hydrogen) atoms. The zero-order valence-electron chi connectivity index (χ0n) is 15.2. The minimum Gasteiger partial charge on any atom is -0.481 e. The highest BCUT2D eigenvalue weighted by molar-refractivity contribution is 5.66. The summed E-state index contributed by atoms with van der Waals surface area (Å²) in [6, 6.07) is 0. The Hall–Kier alpha value is -1.05. The van der Waals surface area contributed by atoms with Crippen molar-refractivity contribution in [3.63, 3.8) is 0 Å². The third kappa shape index (κ3) is 2.58. The van der Waals surface area contributed by atoms with E-state index >= 15 is 0 Å². The number of carboxylic acid groups (broad SMARTS) is 1. The summed E-state index contributed by atoms with van der Waals surface area (Å²) in [6.07, 6.45) is 11.1. The fraction of sp³-hybridized carbons (Fsp3) is 0.762. The molecule has 4 atom stereocenters. The molecule has 3 aliphatic rings. The second-order valence-electron chi connectivity index (χ2n) is 8.76. The Labute approximate surface area is 141 Å². The highest BCUT2D eigenvalue weighted by atomic mass is 16.4. The molecule has 0 aromatic carbocycles. The first-order chi connectivity index (χ1) is 10.8. The average molecular weight is 316 g/mol. The molecule has 3 rings (SSSR count). The van der Waals surface area contributed by atoms with Crippen LogP contribution in [0.15, 0.2) is 22.8 Å². The second-order valence-corrected chi connectivity index (χ2v) is 8.76. The van der Waals surface area contributed by atoms with Crippen molar-refractivity contribution in [1.29, 1.82) is 0 Å². The van der Waals surface area contributed by atoms with Crippen LogP contribution in [0.1, 0.15) is 79.1 Å². The Morgan fingerprint density at radius 1 is 1.26 bits per heavy atom. The highest BCUT2D eigenvalue weighted by Crippen LogP contribution is 2.65. The van der Waals surface area contributed by atoms with Crippen molar-refractivity contribution in [3.8, 4) is 0 Å². The Morgan fingerprint density at radius 3 is 2.70 bits per heavy atom. The van der Waals surface area contributed by atoms with Gasteiger partial charge < -0.3 is 5.11 Å². The molecule has 1 fully saturated rings. The van der Waals surface area contributed by atoms with Crippen molar-refractivity contribution in [2.75, 3.05) is 0 Å². The Bertz CT molecular complexity index is 570. The molecule has 0 bridgehead atoms. The van der Waals surface area contributed by atoms with Crippen molar-refractivity contribution in [2.45, 2.75) is 79.1 Å². The van der Waals surface area contributed by atoms with Gasteiger partial charge in [0.2, 0.25) is 0 Å². The lowest BCUT2D eigenvalue weighted by atomic mass is 9.44. The number of allylic oxidation sites excluding steroid dienone is 4. The van der Waals surface area contributed by atoms with Crippen molar-refractivity contribution >= 4 is 5.97 Å². The van der Waals surface area contributed by atoms with Gasteiger partial charge in [-0.25, -0.2) is 0 Å². The van der Waals surface area contributed by atoms with Gasteiger partial charge in [0.05, 0.1) is 0 Å². The fourth-order valence-corrected chi connectivity index (χ4v) is 6.43. The van der Waals surface area contributed by atoms with Gasteiger partial charge in [-0.15, -0.1) is 0 Å². The van der Waals surface area contributed by atoms with E-state index in [0.29, 0.717) is 23.7 Å². The van der Waals surface area contributed by atoms with Gasteiger partial charge in [0.1, 0.15) is 0 Å². The highest BCUT2D eigenvalue weighted by Gasteiger charge is 2.55. The van der Waals surface area contributed by atoms with E-state index in [0.717, 1.165) is 6.42 Å². The predicted octanol–water partition coefficient (Wildman–Crippen LogP) is 5.74. The topological polar surface area (TPSA) is 37.3 Å². The molecule has 0 radical (unpaired) electrons. The molecule has 0 unspecified atom stereocenters. The third-order valence-corrected chi connectivity index (χ3v) is 7.60. The first-order valence-electron chi connectivity index (χ1n) is 9.36. The molecule has 2 heteroatoms. The van der Waals surface area contributed by atoms with E-state index in [1.807, 2.05) is 0 Å². The monoisotopic (exact) mass is 316 g/mol. The maximum Gasteiger partial charge on any atom is 0.303 e. The number of carbonyl (C=O) groups is 1. The van der Waals surface area contributed by atoms with E-state index in [9.17, 15) is 4.79 Å². The molecule has 0 aromatic rings. The van der Waals surface area contributed by atoms with Crippen molar-refractivity contribution < 1.29 is 9.90 Å². The van der Waals surface area contributed by atoms with Gasteiger partial charge in [0.15, 0.2) is 0 Å². The van der Waals surface area contributed by atoms with Crippen LogP contribution in [-0.2, 0) is 4.79 Å². The molecule has 0 amide bonds. The summed E-state index contributed by atoms with van der Waals surface area (Å²) in [4.78, 5) is 11.1. The summed E-state index contributed by atoms with van der Waals surface area (Å²) in [5, 5.41) is 9.16. The summed E-state index contributed by atoms with van der Waals surface area (Å²) in [5.74, 6) is 0.467. The molecule has 2 nitrogen and oxygen atoms in total. The number of rotatable bonds is 3. The summed E-state index contributed by atoms with van der Waals surface area (Å²) < 4.78 is 0. The Morgan fingerprint density at radius 2 is 2.00 bits per heavy atom. The van der Waals surface area contributed by atoms with Crippen LogP contribution in [0.3, 0.4) is 0 Å². The van der Waals surface area contributed by atoms with Crippen LogP contribution < -0.4 is 0 Å². The quantitative estimate of drug-likeness (QED) is 0.674. The predicted molar refractivity (Wildman–Crippen MR) is 94.2 cm³/mol. The van der Waals surface area contributed by atoms with Crippen LogP contribution in [-0.4, -0.2) is 11.1 Å². The standard InChI is InChI=1S/C21H32O2/c1-14-6-5-12-20(3)17(14)11-13-21(4)16(8-10-19(22)23)15(2)7-9-18(20)21/h7,16,18H,5-6,8-13H2,1-4H3,(H,22,23)/t16-,18-,20+,21+/m1/s1. The zero-order chi connectivity index (χ0) is 16.8. The van der Waals surface area contributed by atoms with Gasteiger partial charge in [-0.3, -0.25) is 4.79 Å². The minimum absolute atomic E-state index is 0.268. The summed E-state index contributed by atoms with van der Waals surface area (Å²) in [6.45, 7) is 9.55. The maximum atomic E-state index is 11.1. The van der Waals surface area contributed by atoms with Gasteiger partial charge in [0, 0.05) is 6.42 Å². The minimum atomic E-state index is -0.653. The van der Waals surface area contributed by atoms with E-state index in [-0.39, 0.29) is 5.41 Å². The van der Waals surface area contributed by atoms with Crippen molar-refractivity contribution in [3.05, 3.63) is 22.8 Å². The summed E-state index contributed by atoms with van der Waals surface area (Å²) in [5.41, 5.74) is 5.44. The van der Waals surface area contributed by atoms with Gasteiger partial charge >= 0.3 is 5.97 Å². The normalized spacial score (nSPS) is 40.3. The first-order valence-corrected chi connectivity index (χ1v) is 9.36. The number of carboxylic acids is 1. The van der Waals surface area contributed by atoms with Crippen LogP contribution in [0.5, 0.6) is 0 Å². The molecule has 1 N–H and O–H groups in total. The average Bonchev–Trinajstić information content (AvgIpc) is 2.45. The lowest BCUT2D eigenvalue weighted by Crippen LogP contribution is -2.51. The molecule has 1 saturated carbocycles. The van der Waals surface area contributed by atoms with Gasteiger partial charge in [-0.05, 0) is 81.5 Å². The SMILES string of the molecule is CC1=CC[C@H]2[C@@](C)(CCC3=C(C)CCC[C@@]32C)[C@@H]1CCC(=O)O. The first kappa shape index (κ1) is 16.8. The molecule has 0 heterocycles. The number of aliphatic carboxylic acids is 1. The van der Waals surface area contributed by atoms with Crippen molar-refractivity contribution in [2.24, 2.45) is 22.7 Å². The summed E-state index contributed by atoms with van der Waals surface area (Å²) in [7, 11) is 0. The maximum absolute atomic E-state index is 11.1. The largest absolute Gasteiger partial charge is 0.481 e. The molecule has 0 spiro atoms. The van der Waals surface area contributed by atoms with Crippen LogP contribution in [0.25, 0.3) is 0 Å². The van der Waals surface area contributed by atoms with Crippen molar-refractivity contribution in [1.82, 2.24) is 0 Å². The third-order valence-electron chi connectivity index (χ3n) is 7.60. The molecule has 0 aliphatic heterocycles. The smallest absolute Gasteiger partial charge is 0.303 e. The van der Waals surface area contributed by atoms with Crippen LogP contribution in [0.4, 0.5) is 0 Å². The number of hydrogen-bond acceptors (Lipinski definition) is 1. The van der Waals surface area contributed by atoms with Crippen LogP contribution >= 0.6 is 0 Å². The van der Waals surface area contributed by atoms with E-state index in [1.54, 1.807) is 11.1 Å². The Kier molecular flexibility index (Phi) is 4.23. The summed E-state index contributed by atoms with van der Waals surface area (Å²) >= 11 is 0. The van der Waals surface area contributed by atoms with Gasteiger partial charge in [-0.1, -0.05) is 36.6 Å². The lowest BCUT2D eigenvalue weighted by Gasteiger charge is -2.60. The van der Waals surface area contributed by atoms with E-state index in [2.05, 4.69) is 33.8 Å². The van der Waals surface area contributed by atoms with Crippen LogP contribution in [0.2, 0.25) is 0 Å². The lowest BCUT2D eigenvalue weighted by molar-refractivity contribution is -0.137. The number of hydrogen-bond donors (Lipinski definition) is 1. The second kappa shape index (κ2) is 5.79. The Balaban J connectivity index is 1.98. The van der Waals surface area contributed by atoms with E-state index in [4.69, 9.17) is 5.11 Å².